The Morgan fingerprint density at radius 2 is 2.00 bits per heavy atom. The Bertz CT molecular complexity index is 564. The minimum absolute atomic E-state index is 0.0721. The molecule has 0 spiro atoms. The Labute approximate surface area is 140 Å². The van der Waals surface area contributed by atoms with E-state index in [0.29, 0.717) is 17.9 Å². The van der Waals surface area contributed by atoms with Crippen molar-refractivity contribution in [2.75, 3.05) is 6.61 Å². The molecule has 0 amide bonds. The van der Waals surface area contributed by atoms with Crippen LogP contribution in [0, 0.1) is 12.8 Å². The highest BCUT2D eigenvalue weighted by Crippen LogP contribution is 2.29. The molecule has 0 unspecified atom stereocenters. The Hall–Kier alpha value is -1.36. The summed E-state index contributed by atoms with van der Waals surface area (Å²) >= 11 is 3.42. The summed E-state index contributed by atoms with van der Waals surface area (Å²) < 4.78 is 5.72. The minimum atomic E-state index is -1.08. The summed E-state index contributed by atoms with van der Waals surface area (Å²) in [5, 5.41) is 9.56. The summed E-state index contributed by atoms with van der Waals surface area (Å²) in [4.78, 5) is 23.8. The van der Waals surface area contributed by atoms with E-state index in [9.17, 15) is 14.7 Å². The van der Waals surface area contributed by atoms with E-state index < -0.39 is 11.9 Å². The zero-order valence-corrected chi connectivity index (χ0v) is 15.1. The van der Waals surface area contributed by atoms with E-state index >= 15 is 0 Å². The maximum absolute atomic E-state index is 12.1. The van der Waals surface area contributed by atoms with Crippen LogP contribution >= 0.6 is 15.9 Å². The van der Waals surface area contributed by atoms with Crippen LogP contribution in [0.25, 0.3) is 0 Å². The first-order valence-electron chi connectivity index (χ1n) is 7.51. The molecule has 0 saturated carbocycles. The van der Waals surface area contributed by atoms with Gasteiger partial charge in [-0.2, -0.15) is 0 Å². The van der Waals surface area contributed by atoms with E-state index in [0.717, 1.165) is 22.9 Å². The van der Waals surface area contributed by atoms with Crippen LogP contribution in [0.15, 0.2) is 10.5 Å². The van der Waals surface area contributed by atoms with Crippen molar-refractivity contribution in [1.29, 1.82) is 0 Å². The zero-order valence-electron chi connectivity index (χ0n) is 13.5. The van der Waals surface area contributed by atoms with Crippen LogP contribution in [-0.4, -0.2) is 23.7 Å². The molecule has 0 aliphatic rings. The molecule has 22 heavy (non-hydrogen) atoms. The van der Waals surface area contributed by atoms with E-state index in [-0.39, 0.29) is 17.7 Å². The molecule has 122 valence electrons. The topological polar surface area (TPSA) is 63.6 Å². The van der Waals surface area contributed by atoms with Gasteiger partial charge in [-0.3, -0.25) is 0 Å². The van der Waals surface area contributed by atoms with E-state index in [1.54, 1.807) is 13.0 Å². The monoisotopic (exact) mass is 370 g/mol. The van der Waals surface area contributed by atoms with Gasteiger partial charge in [0.1, 0.15) is 0 Å². The third kappa shape index (κ3) is 4.57. The quantitative estimate of drug-likeness (QED) is 0.711. The van der Waals surface area contributed by atoms with Gasteiger partial charge in [0.2, 0.25) is 0 Å². The van der Waals surface area contributed by atoms with Gasteiger partial charge in [-0.1, -0.05) is 36.2 Å². The number of halogens is 1. The first-order chi connectivity index (χ1) is 10.3. The van der Waals surface area contributed by atoms with Gasteiger partial charge in [0.05, 0.1) is 17.7 Å². The lowest BCUT2D eigenvalue weighted by Crippen LogP contribution is -2.16. The molecule has 1 aromatic rings. The smallest absolute Gasteiger partial charge is 0.339 e. The summed E-state index contributed by atoms with van der Waals surface area (Å²) in [5.41, 5.74) is 1.77. The van der Waals surface area contributed by atoms with Crippen LogP contribution in [0.1, 0.15) is 65.5 Å². The Balaban J connectivity index is 3.32. The van der Waals surface area contributed by atoms with Crippen LogP contribution in [0.3, 0.4) is 0 Å². The second-order valence-electron chi connectivity index (χ2n) is 5.70. The number of hydrogen-bond acceptors (Lipinski definition) is 3. The highest BCUT2D eigenvalue weighted by molar-refractivity contribution is 9.10. The normalized spacial score (nSPS) is 10.8. The largest absolute Gasteiger partial charge is 0.478 e. The lowest BCUT2D eigenvalue weighted by Gasteiger charge is -2.16. The third-order valence-electron chi connectivity index (χ3n) is 3.57. The van der Waals surface area contributed by atoms with Crippen molar-refractivity contribution >= 4 is 27.9 Å². The molecule has 0 saturated heterocycles. The van der Waals surface area contributed by atoms with Gasteiger partial charge in [0.15, 0.2) is 0 Å². The molecule has 1 rings (SSSR count). The van der Waals surface area contributed by atoms with Crippen molar-refractivity contribution in [3.05, 3.63) is 32.8 Å². The standard InChI is InChI=1S/C17H23BrO4/c1-5-22-17(21)13-9-14(18)11(4)12(15(13)16(19)20)8-6-7-10(2)3/h9-10H,5-8H2,1-4H3,(H,19,20). The van der Waals surface area contributed by atoms with Crippen molar-refractivity contribution in [3.63, 3.8) is 0 Å². The molecule has 0 radical (unpaired) electrons. The highest BCUT2D eigenvalue weighted by atomic mass is 79.9. The molecule has 1 N–H and O–H groups in total. The predicted octanol–water partition coefficient (Wildman–Crippen LogP) is 4.61. The lowest BCUT2D eigenvalue weighted by molar-refractivity contribution is 0.0514. The summed E-state index contributed by atoms with van der Waals surface area (Å²) in [7, 11) is 0. The third-order valence-corrected chi connectivity index (χ3v) is 4.39. The average Bonchev–Trinajstić information content (AvgIpc) is 2.42. The molecule has 0 fully saturated rings. The fourth-order valence-electron chi connectivity index (χ4n) is 2.42. The van der Waals surface area contributed by atoms with Gasteiger partial charge in [-0.15, -0.1) is 0 Å². The molecular formula is C17H23BrO4. The van der Waals surface area contributed by atoms with E-state index in [1.165, 1.54) is 0 Å². The van der Waals surface area contributed by atoms with Crippen molar-refractivity contribution < 1.29 is 19.4 Å². The van der Waals surface area contributed by atoms with Crippen molar-refractivity contribution in [1.82, 2.24) is 0 Å². The number of benzene rings is 1. The number of esters is 1. The second kappa shape index (κ2) is 8.32. The molecule has 0 aliphatic carbocycles. The van der Waals surface area contributed by atoms with Gasteiger partial charge in [0.25, 0.3) is 0 Å². The number of rotatable bonds is 7. The number of carboxylic acid groups (broad SMARTS) is 1. The number of aromatic carboxylic acids is 1. The predicted molar refractivity (Wildman–Crippen MR) is 89.6 cm³/mol. The van der Waals surface area contributed by atoms with Gasteiger partial charge in [-0.25, -0.2) is 9.59 Å². The number of carbonyl (C=O) groups is 2. The van der Waals surface area contributed by atoms with E-state index in [2.05, 4.69) is 29.8 Å². The van der Waals surface area contributed by atoms with Gasteiger partial charge < -0.3 is 9.84 Å². The molecule has 0 atom stereocenters. The summed E-state index contributed by atoms with van der Waals surface area (Å²) in [6, 6.07) is 1.54. The van der Waals surface area contributed by atoms with Crippen LogP contribution in [0.4, 0.5) is 0 Å². The molecule has 0 aromatic heterocycles. The van der Waals surface area contributed by atoms with Crippen molar-refractivity contribution in [2.45, 2.75) is 47.0 Å². The summed E-state index contributed by atoms with van der Waals surface area (Å²) in [5.74, 6) is -1.12. The van der Waals surface area contributed by atoms with E-state index in [1.807, 2.05) is 6.92 Å². The minimum Gasteiger partial charge on any atom is -0.478 e. The number of ether oxygens (including phenoxy) is 1. The fourth-order valence-corrected chi connectivity index (χ4v) is 2.88. The molecule has 1 aromatic carbocycles. The zero-order chi connectivity index (χ0) is 16.9. The molecule has 0 bridgehead atoms. The van der Waals surface area contributed by atoms with Gasteiger partial charge >= 0.3 is 11.9 Å². The molecule has 5 heteroatoms. The lowest BCUT2D eigenvalue weighted by atomic mass is 9.91. The van der Waals surface area contributed by atoms with Crippen LogP contribution < -0.4 is 0 Å². The first-order valence-corrected chi connectivity index (χ1v) is 8.31. The van der Waals surface area contributed by atoms with Crippen LogP contribution in [-0.2, 0) is 11.2 Å². The first kappa shape index (κ1) is 18.7. The summed E-state index contributed by atoms with van der Waals surface area (Å²) in [6.07, 6.45) is 2.54. The number of carboxylic acids is 1. The van der Waals surface area contributed by atoms with Crippen LogP contribution in [0.2, 0.25) is 0 Å². The van der Waals surface area contributed by atoms with Crippen molar-refractivity contribution in [3.8, 4) is 0 Å². The maximum atomic E-state index is 12.1. The van der Waals surface area contributed by atoms with Crippen LogP contribution in [0.5, 0.6) is 0 Å². The Morgan fingerprint density at radius 1 is 1.36 bits per heavy atom. The average molecular weight is 371 g/mol. The van der Waals surface area contributed by atoms with E-state index in [4.69, 9.17) is 4.74 Å². The molecular weight excluding hydrogens is 348 g/mol. The van der Waals surface area contributed by atoms with Crippen molar-refractivity contribution in [2.24, 2.45) is 5.92 Å². The molecule has 0 heterocycles. The Kier molecular flexibility index (Phi) is 7.07. The summed E-state index contributed by atoms with van der Waals surface area (Å²) in [6.45, 7) is 8.05. The van der Waals surface area contributed by atoms with Gasteiger partial charge in [0, 0.05) is 4.47 Å². The Morgan fingerprint density at radius 3 is 2.50 bits per heavy atom. The van der Waals surface area contributed by atoms with Gasteiger partial charge in [-0.05, 0) is 49.8 Å². The highest BCUT2D eigenvalue weighted by Gasteiger charge is 2.24. The number of hydrogen-bond donors (Lipinski definition) is 1. The fraction of sp³-hybridized carbons (Fsp3) is 0.529. The molecule has 4 nitrogen and oxygen atoms in total. The second-order valence-corrected chi connectivity index (χ2v) is 6.55. The number of carbonyl (C=O) groups excluding carboxylic acids is 1. The SMILES string of the molecule is CCOC(=O)c1cc(Br)c(C)c(CCCC(C)C)c1C(=O)O. The maximum Gasteiger partial charge on any atom is 0.339 e. The molecule has 0 aliphatic heterocycles.